The maximum atomic E-state index is 11.6. The number of hydrogen-bond acceptors (Lipinski definition) is 3. The molecule has 3 nitrogen and oxygen atoms in total. The molecule has 0 radical (unpaired) electrons. The molecule has 0 saturated carbocycles. The van der Waals surface area contributed by atoms with E-state index in [1.165, 1.54) is 5.56 Å². The lowest BCUT2D eigenvalue weighted by molar-refractivity contribution is -0.121. The lowest BCUT2D eigenvalue weighted by Crippen LogP contribution is -2.28. The maximum absolute atomic E-state index is 11.6. The summed E-state index contributed by atoms with van der Waals surface area (Å²) in [5, 5.41) is 10.5. The molecule has 1 fully saturated rings. The van der Waals surface area contributed by atoms with Crippen LogP contribution < -0.4 is 10.6 Å². The second-order valence-corrected chi connectivity index (χ2v) is 5.07. The van der Waals surface area contributed by atoms with Crippen molar-refractivity contribution in [1.29, 1.82) is 0 Å². The Balaban J connectivity index is 1.60. The molecule has 1 aromatic rings. The Kier molecular flexibility index (Phi) is 4.36. The number of hydrogen-bond donors (Lipinski definition) is 2. The highest BCUT2D eigenvalue weighted by molar-refractivity contribution is 7.07. The minimum Gasteiger partial charge on any atom is -0.356 e. The van der Waals surface area contributed by atoms with E-state index >= 15 is 0 Å². The van der Waals surface area contributed by atoms with E-state index in [1.54, 1.807) is 11.3 Å². The molecule has 2 rings (SSSR count). The van der Waals surface area contributed by atoms with Crippen molar-refractivity contribution >= 4 is 17.2 Å². The van der Waals surface area contributed by atoms with Crippen molar-refractivity contribution in [2.24, 2.45) is 5.92 Å². The topological polar surface area (TPSA) is 41.1 Å². The number of nitrogens with one attached hydrogen (secondary N) is 2. The highest BCUT2D eigenvalue weighted by atomic mass is 32.1. The Labute approximate surface area is 100 Å². The predicted molar refractivity (Wildman–Crippen MR) is 66.6 cm³/mol. The summed E-state index contributed by atoms with van der Waals surface area (Å²) in [5.41, 5.74) is 1.31. The van der Waals surface area contributed by atoms with Gasteiger partial charge in [-0.25, -0.2) is 0 Å². The highest BCUT2D eigenvalue weighted by Crippen LogP contribution is 2.11. The summed E-state index contributed by atoms with van der Waals surface area (Å²) >= 11 is 1.70. The van der Waals surface area contributed by atoms with Crippen molar-refractivity contribution in [1.82, 2.24) is 10.6 Å². The first-order chi connectivity index (χ1) is 7.84. The monoisotopic (exact) mass is 238 g/mol. The van der Waals surface area contributed by atoms with Gasteiger partial charge in [-0.2, -0.15) is 11.3 Å². The molecule has 1 saturated heterocycles. The first-order valence-electron chi connectivity index (χ1n) is 5.83. The fourth-order valence-electron chi connectivity index (χ4n) is 2.00. The third-order valence-corrected chi connectivity index (χ3v) is 3.68. The van der Waals surface area contributed by atoms with Crippen molar-refractivity contribution in [3.63, 3.8) is 0 Å². The van der Waals surface area contributed by atoms with E-state index in [0.717, 1.165) is 32.5 Å². The smallest absolute Gasteiger partial charge is 0.220 e. The molecule has 4 heteroatoms. The van der Waals surface area contributed by atoms with Crippen LogP contribution in [0.25, 0.3) is 0 Å². The van der Waals surface area contributed by atoms with Crippen LogP contribution in [0, 0.1) is 5.92 Å². The lowest BCUT2D eigenvalue weighted by Gasteiger charge is -2.08. The molecule has 88 valence electrons. The zero-order chi connectivity index (χ0) is 11.2. The molecule has 16 heavy (non-hydrogen) atoms. The van der Waals surface area contributed by atoms with Crippen LogP contribution in [0.1, 0.15) is 18.4 Å². The molecule has 1 aliphatic heterocycles. The molecule has 1 unspecified atom stereocenters. The van der Waals surface area contributed by atoms with Crippen LogP contribution in [-0.4, -0.2) is 25.5 Å². The van der Waals surface area contributed by atoms with Gasteiger partial charge < -0.3 is 10.6 Å². The van der Waals surface area contributed by atoms with Crippen molar-refractivity contribution < 1.29 is 4.79 Å². The van der Waals surface area contributed by atoms with Crippen molar-refractivity contribution in [2.45, 2.75) is 19.3 Å². The zero-order valence-corrected chi connectivity index (χ0v) is 10.2. The second kappa shape index (κ2) is 6.01. The summed E-state index contributed by atoms with van der Waals surface area (Å²) in [6.45, 7) is 2.82. The predicted octanol–water partition coefficient (Wildman–Crippen LogP) is 1.41. The molecule has 0 aromatic carbocycles. The second-order valence-electron chi connectivity index (χ2n) is 4.29. The SMILES string of the molecule is O=C(CC1CCNC1)NCCc1ccsc1. The van der Waals surface area contributed by atoms with E-state index in [4.69, 9.17) is 0 Å². The number of carbonyl (C=O) groups is 1. The molecule has 1 aromatic heterocycles. The van der Waals surface area contributed by atoms with Crippen molar-refractivity contribution in [3.05, 3.63) is 22.4 Å². The summed E-state index contributed by atoms with van der Waals surface area (Å²) in [6, 6.07) is 2.11. The van der Waals surface area contributed by atoms with E-state index in [9.17, 15) is 4.79 Å². The van der Waals surface area contributed by atoms with Gasteiger partial charge in [-0.3, -0.25) is 4.79 Å². The maximum Gasteiger partial charge on any atom is 0.220 e. The Morgan fingerprint density at radius 1 is 1.62 bits per heavy atom. The average Bonchev–Trinajstić information content (AvgIpc) is 2.90. The minimum absolute atomic E-state index is 0.198. The van der Waals surface area contributed by atoms with E-state index < -0.39 is 0 Å². The van der Waals surface area contributed by atoms with Crippen LogP contribution >= 0.6 is 11.3 Å². The number of thiophene rings is 1. The van der Waals surface area contributed by atoms with Gasteiger partial charge in [0, 0.05) is 13.0 Å². The van der Waals surface area contributed by atoms with Gasteiger partial charge in [0.15, 0.2) is 0 Å². The standard InChI is InChI=1S/C12H18N2OS/c15-12(7-11-1-4-13-8-11)14-5-2-10-3-6-16-9-10/h3,6,9,11,13H,1-2,4-5,7-8H2,(H,14,15). The summed E-state index contributed by atoms with van der Waals surface area (Å²) < 4.78 is 0. The summed E-state index contributed by atoms with van der Waals surface area (Å²) in [6.07, 6.45) is 2.76. The first kappa shape index (κ1) is 11.6. The van der Waals surface area contributed by atoms with Crippen LogP contribution in [-0.2, 0) is 11.2 Å². The Morgan fingerprint density at radius 3 is 3.25 bits per heavy atom. The normalized spacial score (nSPS) is 19.9. The van der Waals surface area contributed by atoms with Crippen LogP contribution in [0.2, 0.25) is 0 Å². The van der Waals surface area contributed by atoms with Crippen LogP contribution in [0.5, 0.6) is 0 Å². The summed E-state index contributed by atoms with van der Waals surface area (Å²) in [5.74, 6) is 0.741. The first-order valence-corrected chi connectivity index (χ1v) is 6.77. The van der Waals surface area contributed by atoms with Gasteiger partial charge in [0.2, 0.25) is 5.91 Å². The Hall–Kier alpha value is -0.870. The third-order valence-electron chi connectivity index (χ3n) is 2.95. The van der Waals surface area contributed by atoms with E-state index in [2.05, 4.69) is 27.5 Å². The molecule has 1 aliphatic rings. The van der Waals surface area contributed by atoms with E-state index in [0.29, 0.717) is 12.3 Å². The molecule has 0 aliphatic carbocycles. The van der Waals surface area contributed by atoms with Crippen molar-refractivity contribution in [3.8, 4) is 0 Å². The fraction of sp³-hybridized carbons (Fsp3) is 0.583. The van der Waals surface area contributed by atoms with Gasteiger partial charge in [0.1, 0.15) is 0 Å². The molecule has 1 amide bonds. The molecule has 1 atom stereocenters. The number of rotatable bonds is 5. The Morgan fingerprint density at radius 2 is 2.56 bits per heavy atom. The van der Waals surface area contributed by atoms with Crippen LogP contribution in [0.4, 0.5) is 0 Å². The highest BCUT2D eigenvalue weighted by Gasteiger charge is 2.17. The lowest BCUT2D eigenvalue weighted by atomic mass is 10.0. The van der Waals surface area contributed by atoms with Gasteiger partial charge >= 0.3 is 0 Å². The van der Waals surface area contributed by atoms with E-state index in [1.807, 2.05) is 0 Å². The molecule has 2 heterocycles. The van der Waals surface area contributed by atoms with Gasteiger partial charge in [-0.1, -0.05) is 0 Å². The third kappa shape index (κ3) is 3.61. The fourth-order valence-corrected chi connectivity index (χ4v) is 2.71. The van der Waals surface area contributed by atoms with Crippen LogP contribution in [0.15, 0.2) is 16.8 Å². The molecule has 0 spiro atoms. The molecular formula is C12H18N2OS. The number of carbonyl (C=O) groups excluding carboxylic acids is 1. The number of amides is 1. The Bertz CT molecular complexity index is 318. The van der Waals surface area contributed by atoms with Crippen molar-refractivity contribution in [2.75, 3.05) is 19.6 Å². The summed E-state index contributed by atoms with van der Waals surface area (Å²) in [7, 11) is 0. The largest absolute Gasteiger partial charge is 0.356 e. The minimum atomic E-state index is 0.198. The average molecular weight is 238 g/mol. The van der Waals surface area contributed by atoms with Gasteiger partial charge in [0.25, 0.3) is 0 Å². The van der Waals surface area contributed by atoms with Crippen LogP contribution in [0.3, 0.4) is 0 Å². The summed E-state index contributed by atoms with van der Waals surface area (Å²) in [4.78, 5) is 11.6. The zero-order valence-electron chi connectivity index (χ0n) is 9.37. The van der Waals surface area contributed by atoms with Gasteiger partial charge in [-0.15, -0.1) is 0 Å². The van der Waals surface area contributed by atoms with Gasteiger partial charge in [0.05, 0.1) is 0 Å². The quantitative estimate of drug-likeness (QED) is 0.814. The molecule has 0 bridgehead atoms. The van der Waals surface area contributed by atoms with Gasteiger partial charge in [-0.05, 0) is 54.2 Å². The molecule has 2 N–H and O–H groups in total. The van der Waals surface area contributed by atoms with E-state index in [-0.39, 0.29) is 5.91 Å². The molecular weight excluding hydrogens is 220 g/mol.